The predicted molar refractivity (Wildman–Crippen MR) is 104 cm³/mol. The van der Waals surface area contributed by atoms with Crippen LogP contribution >= 0.6 is 0 Å². The topological polar surface area (TPSA) is 49.4 Å². The Bertz CT molecular complexity index is 602. The van der Waals surface area contributed by atoms with Crippen molar-refractivity contribution in [1.82, 2.24) is 10.2 Å². The zero-order valence-electron chi connectivity index (χ0n) is 15.8. The number of nitrogens with zero attached hydrogens (tertiary/aromatic N) is 1. The SMILES string of the molecule is O=C(CCCC1CCCCC1)NCc1cccc(C(=O)N2CCCC2)c1. The molecule has 4 nitrogen and oxygen atoms in total. The second-order valence-corrected chi connectivity index (χ2v) is 7.87. The molecule has 2 fully saturated rings. The summed E-state index contributed by atoms with van der Waals surface area (Å²) in [6.45, 7) is 2.23. The van der Waals surface area contributed by atoms with E-state index in [1.54, 1.807) is 0 Å². The summed E-state index contributed by atoms with van der Waals surface area (Å²) in [6.07, 6.45) is 11.8. The summed E-state index contributed by atoms with van der Waals surface area (Å²) in [5.74, 6) is 1.07. The van der Waals surface area contributed by atoms with Crippen molar-refractivity contribution in [2.24, 2.45) is 5.92 Å². The van der Waals surface area contributed by atoms with Crippen molar-refractivity contribution in [3.8, 4) is 0 Å². The Morgan fingerprint density at radius 1 is 1.04 bits per heavy atom. The van der Waals surface area contributed by atoms with E-state index >= 15 is 0 Å². The number of amides is 2. The van der Waals surface area contributed by atoms with Crippen molar-refractivity contribution in [1.29, 1.82) is 0 Å². The van der Waals surface area contributed by atoms with Gasteiger partial charge in [-0.2, -0.15) is 0 Å². The van der Waals surface area contributed by atoms with Crippen LogP contribution in [0.25, 0.3) is 0 Å². The predicted octanol–water partition coefficient (Wildman–Crippen LogP) is 4.29. The van der Waals surface area contributed by atoms with Crippen LogP contribution in [0.2, 0.25) is 0 Å². The molecule has 0 radical (unpaired) electrons. The number of nitrogens with one attached hydrogen (secondary N) is 1. The fourth-order valence-corrected chi connectivity index (χ4v) is 4.23. The molecule has 1 aliphatic heterocycles. The van der Waals surface area contributed by atoms with Crippen LogP contribution in [-0.2, 0) is 11.3 Å². The average molecular weight is 357 g/mol. The minimum Gasteiger partial charge on any atom is -0.352 e. The minimum absolute atomic E-state index is 0.114. The lowest BCUT2D eigenvalue weighted by Crippen LogP contribution is -2.28. The van der Waals surface area contributed by atoms with E-state index in [9.17, 15) is 9.59 Å². The fraction of sp³-hybridized carbons (Fsp3) is 0.636. The summed E-state index contributed by atoms with van der Waals surface area (Å²) in [6, 6.07) is 7.68. The zero-order valence-corrected chi connectivity index (χ0v) is 15.8. The van der Waals surface area contributed by atoms with Crippen LogP contribution in [0.15, 0.2) is 24.3 Å². The average Bonchev–Trinajstić information content (AvgIpc) is 3.22. The number of carbonyl (C=O) groups is 2. The Morgan fingerprint density at radius 2 is 1.81 bits per heavy atom. The van der Waals surface area contributed by atoms with E-state index in [4.69, 9.17) is 0 Å². The Labute approximate surface area is 157 Å². The van der Waals surface area contributed by atoms with Gasteiger partial charge in [0.25, 0.3) is 5.91 Å². The van der Waals surface area contributed by atoms with Crippen LogP contribution in [0.4, 0.5) is 0 Å². The minimum atomic E-state index is 0.114. The highest BCUT2D eigenvalue weighted by Gasteiger charge is 2.19. The molecule has 0 spiro atoms. The molecule has 26 heavy (non-hydrogen) atoms. The van der Waals surface area contributed by atoms with E-state index in [1.807, 2.05) is 29.2 Å². The molecule has 0 unspecified atom stereocenters. The lowest BCUT2D eigenvalue weighted by Gasteiger charge is -2.21. The molecular weight excluding hydrogens is 324 g/mol. The van der Waals surface area contributed by atoms with Crippen LogP contribution < -0.4 is 5.32 Å². The summed E-state index contributed by atoms with van der Waals surface area (Å²) in [4.78, 5) is 26.5. The summed E-state index contributed by atoms with van der Waals surface area (Å²) in [7, 11) is 0. The van der Waals surface area contributed by atoms with Crippen molar-refractivity contribution in [3.05, 3.63) is 35.4 Å². The zero-order chi connectivity index (χ0) is 18.2. The van der Waals surface area contributed by atoms with Gasteiger partial charge in [0.05, 0.1) is 0 Å². The number of likely N-dealkylation sites (tertiary alicyclic amines) is 1. The largest absolute Gasteiger partial charge is 0.352 e. The first-order valence-corrected chi connectivity index (χ1v) is 10.4. The first-order chi connectivity index (χ1) is 12.7. The van der Waals surface area contributed by atoms with Crippen molar-refractivity contribution in [3.63, 3.8) is 0 Å². The summed E-state index contributed by atoms with van der Waals surface area (Å²) >= 11 is 0. The molecule has 4 heteroatoms. The molecule has 1 saturated carbocycles. The molecule has 1 saturated heterocycles. The maximum absolute atomic E-state index is 12.5. The maximum Gasteiger partial charge on any atom is 0.253 e. The number of rotatable bonds is 7. The molecule has 3 rings (SSSR count). The van der Waals surface area contributed by atoms with Crippen LogP contribution in [0.5, 0.6) is 0 Å². The second kappa shape index (κ2) is 9.75. The van der Waals surface area contributed by atoms with Gasteiger partial charge < -0.3 is 10.2 Å². The number of hydrogen-bond acceptors (Lipinski definition) is 2. The van der Waals surface area contributed by atoms with Crippen molar-refractivity contribution < 1.29 is 9.59 Å². The molecule has 1 aromatic rings. The van der Waals surface area contributed by atoms with Crippen LogP contribution in [0.3, 0.4) is 0 Å². The first kappa shape index (κ1) is 18.9. The lowest BCUT2D eigenvalue weighted by atomic mass is 9.86. The van der Waals surface area contributed by atoms with E-state index in [-0.39, 0.29) is 11.8 Å². The van der Waals surface area contributed by atoms with Gasteiger partial charge in [-0.25, -0.2) is 0 Å². The smallest absolute Gasteiger partial charge is 0.253 e. The van der Waals surface area contributed by atoms with Gasteiger partial charge in [-0.05, 0) is 49.3 Å². The molecule has 1 N–H and O–H groups in total. The number of hydrogen-bond donors (Lipinski definition) is 1. The van der Waals surface area contributed by atoms with Gasteiger partial charge >= 0.3 is 0 Å². The van der Waals surface area contributed by atoms with E-state index in [0.29, 0.717) is 13.0 Å². The lowest BCUT2D eigenvalue weighted by molar-refractivity contribution is -0.121. The summed E-state index contributed by atoms with van der Waals surface area (Å²) in [5.41, 5.74) is 1.73. The quantitative estimate of drug-likeness (QED) is 0.792. The number of carbonyl (C=O) groups excluding carboxylic acids is 2. The fourth-order valence-electron chi connectivity index (χ4n) is 4.23. The normalized spacial score (nSPS) is 18.1. The molecule has 2 aliphatic rings. The van der Waals surface area contributed by atoms with Gasteiger partial charge in [0.2, 0.25) is 5.91 Å². The van der Waals surface area contributed by atoms with Gasteiger partial charge in [0, 0.05) is 31.6 Å². The van der Waals surface area contributed by atoms with Crippen molar-refractivity contribution in [2.45, 2.75) is 70.8 Å². The number of benzene rings is 1. The second-order valence-electron chi connectivity index (χ2n) is 7.87. The van der Waals surface area contributed by atoms with E-state index in [1.165, 1.54) is 38.5 Å². The van der Waals surface area contributed by atoms with Gasteiger partial charge in [0.15, 0.2) is 0 Å². The van der Waals surface area contributed by atoms with Crippen molar-refractivity contribution >= 4 is 11.8 Å². The summed E-state index contributed by atoms with van der Waals surface area (Å²) in [5, 5.41) is 3.01. The van der Waals surface area contributed by atoms with E-state index in [0.717, 1.165) is 49.4 Å². The molecule has 1 heterocycles. The Morgan fingerprint density at radius 3 is 2.58 bits per heavy atom. The highest BCUT2D eigenvalue weighted by atomic mass is 16.2. The third kappa shape index (κ3) is 5.58. The summed E-state index contributed by atoms with van der Waals surface area (Å²) < 4.78 is 0. The first-order valence-electron chi connectivity index (χ1n) is 10.4. The Balaban J connectivity index is 1.40. The highest BCUT2D eigenvalue weighted by Crippen LogP contribution is 2.27. The van der Waals surface area contributed by atoms with E-state index < -0.39 is 0 Å². The molecule has 1 aromatic carbocycles. The maximum atomic E-state index is 12.5. The third-order valence-corrected chi connectivity index (χ3v) is 5.80. The highest BCUT2D eigenvalue weighted by molar-refractivity contribution is 5.94. The molecule has 0 aromatic heterocycles. The van der Waals surface area contributed by atoms with Crippen LogP contribution in [-0.4, -0.2) is 29.8 Å². The monoisotopic (exact) mass is 356 g/mol. The standard InChI is InChI=1S/C22H32N2O2/c25-21(13-7-10-18-8-2-1-3-9-18)23-17-19-11-6-12-20(16-19)22(26)24-14-4-5-15-24/h6,11-12,16,18H,1-5,7-10,13-15,17H2,(H,23,25). The van der Waals surface area contributed by atoms with Crippen molar-refractivity contribution in [2.75, 3.05) is 13.1 Å². The Kier molecular flexibility index (Phi) is 7.10. The molecule has 2 amide bonds. The molecule has 1 aliphatic carbocycles. The van der Waals surface area contributed by atoms with Gasteiger partial charge in [-0.3, -0.25) is 9.59 Å². The molecule has 142 valence electrons. The van der Waals surface area contributed by atoms with Gasteiger partial charge in [-0.15, -0.1) is 0 Å². The van der Waals surface area contributed by atoms with Crippen LogP contribution in [0.1, 0.15) is 80.1 Å². The molecule has 0 bridgehead atoms. The Hall–Kier alpha value is -1.84. The van der Waals surface area contributed by atoms with Gasteiger partial charge in [0.1, 0.15) is 0 Å². The van der Waals surface area contributed by atoms with Crippen LogP contribution in [0, 0.1) is 5.92 Å². The molecule has 0 atom stereocenters. The van der Waals surface area contributed by atoms with E-state index in [2.05, 4.69) is 5.32 Å². The van der Waals surface area contributed by atoms with Gasteiger partial charge in [-0.1, -0.05) is 44.2 Å². The molecular formula is C22H32N2O2. The third-order valence-electron chi connectivity index (χ3n) is 5.80.